The number of carbonyl (C=O) groups excluding carboxylic acids is 1. The second kappa shape index (κ2) is 6.81. The Balaban J connectivity index is 2.05. The maximum atomic E-state index is 12.6. The highest BCUT2D eigenvalue weighted by Crippen LogP contribution is 2.25. The molecule has 1 unspecified atom stereocenters. The zero-order chi connectivity index (χ0) is 16.3. The fourth-order valence-corrected chi connectivity index (χ4v) is 2.96. The summed E-state index contributed by atoms with van der Waals surface area (Å²) in [6.07, 6.45) is 0.703. The molecule has 1 aliphatic heterocycles. The van der Waals surface area contributed by atoms with Gasteiger partial charge in [-0.3, -0.25) is 9.59 Å². The van der Waals surface area contributed by atoms with E-state index in [9.17, 15) is 14.7 Å². The molecule has 1 amide bonds. The zero-order valence-electron chi connectivity index (χ0n) is 13.3. The highest BCUT2D eigenvalue weighted by molar-refractivity contribution is 5.82. The third-order valence-electron chi connectivity index (χ3n) is 4.24. The van der Waals surface area contributed by atoms with Crippen molar-refractivity contribution in [3.8, 4) is 5.75 Å². The van der Waals surface area contributed by atoms with Crippen molar-refractivity contribution in [1.82, 2.24) is 4.90 Å². The van der Waals surface area contributed by atoms with Crippen molar-refractivity contribution in [2.75, 3.05) is 6.54 Å². The number of amides is 1. The quantitative estimate of drug-likeness (QED) is 0.928. The Morgan fingerprint density at radius 1 is 1.41 bits per heavy atom. The Morgan fingerprint density at radius 3 is 2.77 bits per heavy atom. The highest BCUT2D eigenvalue weighted by Gasteiger charge is 2.37. The number of aliphatic carboxylic acids is 1. The van der Waals surface area contributed by atoms with Gasteiger partial charge in [-0.2, -0.15) is 0 Å². The summed E-state index contributed by atoms with van der Waals surface area (Å²) in [6.45, 7) is 6.06. The number of carbonyl (C=O) groups is 2. The van der Waals surface area contributed by atoms with Gasteiger partial charge in [-0.25, -0.2) is 0 Å². The van der Waals surface area contributed by atoms with Crippen LogP contribution in [0.5, 0.6) is 5.75 Å². The van der Waals surface area contributed by atoms with Crippen LogP contribution in [0.4, 0.5) is 0 Å². The summed E-state index contributed by atoms with van der Waals surface area (Å²) < 4.78 is 5.72. The van der Waals surface area contributed by atoms with Crippen LogP contribution in [0.2, 0.25) is 0 Å². The van der Waals surface area contributed by atoms with Crippen LogP contribution in [0.1, 0.15) is 32.3 Å². The van der Waals surface area contributed by atoms with Crippen molar-refractivity contribution in [2.24, 2.45) is 5.92 Å². The van der Waals surface area contributed by atoms with Gasteiger partial charge in [-0.05, 0) is 51.3 Å². The second-order valence-corrected chi connectivity index (χ2v) is 5.94. The van der Waals surface area contributed by atoms with Crippen molar-refractivity contribution in [2.45, 2.75) is 45.8 Å². The van der Waals surface area contributed by atoms with Gasteiger partial charge in [0.1, 0.15) is 5.75 Å². The maximum Gasteiger partial charge on any atom is 0.308 e. The van der Waals surface area contributed by atoms with Gasteiger partial charge in [0.25, 0.3) is 5.91 Å². The third kappa shape index (κ3) is 3.59. The summed E-state index contributed by atoms with van der Waals surface area (Å²) >= 11 is 0. The number of nitrogens with zero attached hydrogens (tertiary/aromatic N) is 1. The Hall–Kier alpha value is -2.04. The smallest absolute Gasteiger partial charge is 0.308 e. The average Bonchev–Trinajstić information content (AvgIpc) is 2.46. The Kier molecular flexibility index (Phi) is 5.06. The number of rotatable bonds is 4. The number of benzene rings is 1. The lowest BCUT2D eigenvalue weighted by molar-refractivity contribution is -0.151. The van der Waals surface area contributed by atoms with Gasteiger partial charge >= 0.3 is 5.97 Å². The van der Waals surface area contributed by atoms with Crippen molar-refractivity contribution in [1.29, 1.82) is 0 Å². The first kappa shape index (κ1) is 16.3. The van der Waals surface area contributed by atoms with Crippen molar-refractivity contribution >= 4 is 11.9 Å². The topological polar surface area (TPSA) is 66.8 Å². The predicted molar refractivity (Wildman–Crippen MR) is 82.8 cm³/mol. The summed E-state index contributed by atoms with van der Waals surface area (Å²) in [6, 6.07) is 7.23. The number of carboxylic acids is 1. The normalized spacial score (nSPS) is 23.0. The standard InChI is InChI=1S/C17H23NO4/c1-11-6-4-7-14(10-11)22-13(3)16(19)18-9-5-8-15(12(18)2)17(20)21/h4,6-7,10,12-13,15H,5,8-9H2,1-3H3,(H,20,21)/t12-,13?,15-/m0/s1. The molecule has 1 aliphatic rings. The van der Waals surface area contributed by atoms with E-state index >= 15 is 0 Å². The molecule has 3 atom stereocenters. The van der Waals surface area contributed by atoms with E-state index in [0.717, 1.165) is 5.56 Å². The van der Waals surface area contributed by atoms with Gasteiger partial charge in [0.2, 0.25) is 0 Å². The number of ether oxygens (including phenoxy) is 1. The molecule has 1 saturated heterocycles. The summed E-state index contributed by atoms with van der Waals surface area (Å²) in [5, 5.41) is 9.24. The van der Waals surface area contributed by atoms with Crippen molar-refractivity contribution < 1.29 is 19.4 Å². The molecule has 1 aromatic carbocycles. The monoisotopic (exact) mass is 305 g/mol. The second-order valence-electron chi connectivity index (χ2n) is 5.94. The van der Waals surface area contributed by atoms with E-state index in [1.165, 1.54) is 0 Å². The van der Waals surface area contributed by atoms with Crippen LogP contribution in [0.15, 0.2) is 24.3 Å². The van der Waals surface area contributed by atoms with Crippen LogP contribution >= 0.6 is 0 Å². The molecule has 1 N–H and O–H groups in total. The molecule has 0 saturated carbocycles. The molecule has 120 valence electrons. The first-order valence-corrected chi connectivity index (χ1v) is 7.66. The summed E-state index contributed by atoms with van der Waals surface area (Å²) in [5.41, 5.74) is 1.06. The molecule has 5 nitrogen and oxygen atoms in total. The van der Waals surface area contributed by atoms with Crippen molar-refractivity contribution in [3.05, 3.63) is 29.8 Å². The Morgan fingerprint density at radius 2 is 2.14 bits per heavy atom. The van der Waals surface area contributed by atoms with Gasteiger partial charge in [0, 0.05) is 12.6 Å². The van der Waals surface area contributed by atoms with Crippen LogP contribution in [-0.2, 0) is 9.59 Å². The first-order chi connectivity index (χ1) is 10.4. The molecule has 0 radical (unpaired) electrons. The van der Waals surface area contributed by atoms with E-state index in [2.05, 4.69) is 0 Å². The lowest BCUT2D eigenvalue weighted by Crippen LogP contribution is -2.52. The molecule has 0 spiro atoms. The van der Waals surface area contributed by atoms with E-state index in [1.54, 1.807) is 18.7 Å². The number of aryl methyl sites for hydroxylation is 1. The third-order valence-corrected chi connectivity index (χ3v) is 4.24. The molecule has 1 heterocycles. The minimum Gasteiger partial charge on any atom is -0.481 e. The van der Waals surface area contributed by atoms with Gasteiger partial charge in [-0.1, -0.05) is 12.1 Å². The number of hydrogen-bond acceptors (Lipinski definition) is 3. The Bertz CT molecular complexity index is 557. The van der Waals surface area contributed by atoms with Crippen LogP contribution in [0.3, 0.4) is 0 Å². The average molecular weight is 305 g/mol. The fraction of sp³-hybridized carbons (Fsp3) is 0.529. The lowest BCUT2D eigenvalue weighted by Gasteiger charge is -2.38. The Labute approximate surface area is 130 Å². The van der Waals surface area contributed by atoms with Gasteiger partial charge in [0.05, 0.1) is 5.92 Å². The number of hydrogen-bond donors (Lipinski definition) is 1. The first-order valence-electron chi connectivity index (χ1n) is 7.66. The summed E-state index contributed by atoms with van der Waals surface area (Å²) in [7, 11) is 0. The maximum absolute atomic E-state index is 12.6. The molecular weight excluding hydrogens is 282 g/mol. The summed E-state index contributed by atoms with van der Waals surface area (Å²) in [4.78, 5) is 25.5. The molecule has 22 heavy (non-hydrogen) atoms. The van der Waals surface area contributed by atoms with E-state index in [4.69, 9.17) is 4.74 Å². The number of piperidine rings is 1. The van der Waals surface area contributed by atoms with E-state index in [-0.39, 0.29) is 11.9 Å². The van der Waals surface area contributed by atoms with Crippen LogP contribution in [-0.4, -0.2) is 40.6 Å². The minimum atomic E-state index is -0.836. The molecule has 5 heteroatoms. The minimum absolute atomic E-state index is 0.153. The largest absolute Gasteiger partial charge is 0.481 e. The van der Waals surface area contributed by atoms with Crippen LogP contribution in [0, 0.1) is 12.8 Å². The SMILES string of the molecule is Cc1cccc(OC(C)C(=O)N2CCC[C@H](C(=O)O)[C@@H]2C)c1. The fourth-order valence-electron chi connectivity index (χ4n) is 2.96. The molecule has 0 aliphatic carbocycles. The number of likely N-dealkylation sites (tertiary alicyclic amines) is 1. The predicted octanol–water partition coefficient (Wildman–Crippen LogP) is 2.47. The molecule has 2 rings (SSSR count). The van der Waals surface area contributed by atoms with E-state index < -0.39 is 18.0 Å². The van der Waals surface area contributed by atoms with Crippen molar-refractivity contribution in [3.63, 3.8) is 0 Å². The highest BCUT2D eigenvalue weighted by atomic mass is 16.5. The molecule has 1 aromatic rings. The van der Waals surface area contributed by atoms with E-state index in [1.807, 2.05) is 31.2 Å². The molecule has 0 aromatic heterocycles. The van der Waals surface area contributed by atoms with Gasteiger partial charge in [0.15, 0.2) is 6.10 Å². The molecular formula is C17H23NO4. The molecule has 0 bridgehead atoms. The summed E-state index contributed by atoms with van der Waals surface area (Å²) in [5.74, 6) is -0.832. The van der Waals surface area contributed by atoms with Gasteiger partial charge in [-0.15, -0.1) is 0 Å². The van der Waals surface area contributed by atoms with Crippen LogP contribution in [0.25, 0.3) is 0 Å². The molecule has 1 fully saturated rings. The number of carboxylic acid groups (broad SMARTS) is 1. The lowest BCUT2D eigenvalue weighted by atomic mass is 9.90. The van der Waals surface area contributed by atoms with E-state index in [0.29, 0.717) is 25.1 Å². The zero-order valence-corrected chi connectivity index (χ0v) is 13.3. The van der Waals surface area contributed by atoms with Gasteiger partial charge < -0.3 is 14.7 Å². The van der Waals surface area contributed by atoms with Crippen LogP contribution < -0.4 is 4.74 Å².